The number of para-hydroxylation sites is 1. The number of likely N-dealkylation sites (tertiary alicyclic amines) is 1. The van der Waals surface area contributed by atoms with Crippen molar-refractivity contribution >= 4 is 28.9 Å². The Kier molecular flexibility index (Phi) is 6.96. The molecule has 1 aliphatic rings. The van der Waals surface area contributed by atoms with E-state index >= 15 is 0 Å². The van der Waals surface area contributed by atoms with Gasteiger partial charge in [0, 0.05) is 36.5 Å². The van der Waals surface area contributed by atoms with Gasteiger partial charge in [-0.1, -0.05) is 25.1 Å². The van der Waals surface area contributed by atoms with Gasteiger partial charge in [-0.3, -0.25) is 14.2 Å². The van der Waals surface area contributed by atoms with Crippen molar-refractivity contribution in [2.45, 2.75) is 71.8 Å². The monoisotopic (exact) mass is 442 g/mol. The lowest BCUT2D eigenvalue weighted by atomic mass is 9.73. The zero-order valence-corrected chi connectivity index (χ0v) is 19.5. The SMILES string of the molecule is CC[C@@]1(CCC(=O)O)CCCN(CCc2cn(C(=O)OC(C)(C)C)c3ccccc23)C1=O. The van der Waals surface area contributed by atoms with E-state index in [9.17, 15) is 14.4 Å². The van der Waals surface area contributed by atoms with Crippen LogP contribution >= 0.6 is 0 Å². The van der Waals surface area contributed by atoms with Crippen molar-refractivity contribution in [2.24, 2.45) is 5.41 Å². The Morgan fingerprint density at radius 3 is 2.59 bits per heavy atom. The van der Waals surface area contributed by atoms with E-state index in [0.29, 0.717) is 32.4 Å². The van der Waals surface area contributed by atoms with Gasteiger partial charge in [0.25, 0.3) is 0 Å². The molecule has 0 radical (unpaired) electrons. The van der Waals surface area contributed by atoms with E-state index in [0.717, 1.165) is 29.3 Å². The number of fused-ring (bicyclic) bond motifs is 1. The minimum Gasteiger partial charge on any atom is -0.481 e. The Balaban J connectivity index is 1.79. The summed E-state index contributed by atoms with van der Waals surface area (Å²) in [6.45, 7) is 8.70. The molecule has 1 aromatic heterocycles. The van der Waals surface area contributed by atoms with Crippen LogP contribution in [0.3, 0.4) is 0 Å². The third-order valence-electron chi connectivity index (χ3n) is 6.35. The molecular weight excluding hydrogens is 408 g/mol. The Morgan fingerprint density at radius 1 is 1.22 bits per heavy atom. The number of hydrogen-bond acceptors (Lipinski definition) is 4. The molecule has 0 bridgehead atoms. The van der Waals surface area contributed by atoms with Crippen LogP contribution in [0.25, 0.3) is 10.9 Å². The molecule has 32 heavy (non-hydrogen) atoms. The van der Waals surface area contributed by atoms with Crippen LogP contribution in [0.1, 0.15) is 65.4 Å². The van der Waals surface area contributed by atoms with Crippen LogP contribution in [0.2, 0.25) is 0 Å². The number of carboxylic acid groups (broad SMARTS) is 1. The maximum Gasteiger partial charge on any atom is 0.419 e. The predicted octanol–water partition coefficient (Wildman–Crippen LogP) is 4.85. The summed E-state index contributed by atoms with van der Waals surface area (Å²) in [5.74, 6) is -0.805. The largest absolute Gasteiger partial charge is 0.481 e. The van der Waals surface area contributed by atoms with E-state index in [1.54, 1.807) is 0 Å². The van der Waals surface area contributed by atoms with Gasteiger partial charge < -0.3 is 14.7 Å². The first-order valence-electron chi connectivity index (χ1n) is 11.4. The van der Waals surface area contributed by atoms with Crippen molar-refractivity contribution in [1.29, 1.82) is 0 Å². The minimum absolute atomic E-state index is 0.0107. The van der Waals surface area contributed by atoms with Gasteiger partial charge in [0.05, 0.1) is 5.52 Å². The van der Waals surface area contributed by atoms with Gasteiger partial charge in [0.2, 0.25) is 5.91 Å². The molecule has 3 rings (SSSR count). The number of piperidine rings is 1. The van der Waals surface area contributed by atoms with E-state index < -0.39 is 23.1 Å². The molecule has 1 fully saturated rings. The summed E-state index contributed by atoms with van der Waals surface area (Å²) < 4.78 is 7.10. The van der Waals surface area contributed by atoms with E-state index in [-0.39, 0.29) is 12.3 Å². The Hall–Kier alpha value is -2.83. The van der Waals surface area contributed by atoms with Crippen LogP contribution < -0.4 is 0 Å². The molecule has 1 saturated heterocycles. The van der Waals surface area contributed by atoms with E-state index in [1.807, 2.05) is 63.1 Å². The molecule has 0 saturated carbocycles. The number of nitrogens with zero attached hydrogens (tertiary/aromatic N) is 2. The zero-order valence-electron chi connectivity index (χ0n) is 19.5. The summed E-state index contributed by atoms with van der Waals surface area (Å²) in [5.41, 5.74) is 0.590. The molecule has 0 unspecified atom stereocenters. The molecular formula is C25H34N2O5. The van der Waals surface area contributed by atoms with Gasteiger partial charge in [-0.2, -0.15) is 0 Å². The second-order valence-electron chi connectivity index (χ2n) is 9.70. The molecule has 7 nitrogen and oxygen atoms in total. The number of carboxylic acids is 1. The van der Waals surface area contributed by atoms with Crippen molar-refractivity contribution in [2.75, 3.05) is 13.1 Å². The third-order valence-corrected chi connectivity index (χ3v) is 6.35. The number of carbonyl (C=O) groups is 3. The summed E-state index contributed by atoms with van der Waals surface area (Å²) in [7, 11) is 0. The highest BCUT2D eigenvalue weighted by Gasteiger charge is 2.42. The smallest absolute Gasteiger partial charge is 0.419 e. The fourth-order valence-electron chi connectivity index (χ4n) is 4.62. The van der Waals surface area contributed by atoms with E-state index in [4.69, 9.17) is 9.84 Å². The second-order valence-corrected chi connectivity index (χ2v) is 9.70. The van der Waals surface area contributed by atoms with Crippen molar-refractivity contribution in [3.8, 4) is 0 Å². The maximum atomic E-state index is 13.3. The standard InChI is InChI=1S/C25H34N2O5/c1-5-25(14-11-21(28)29)13-8-15-26(22(25)30)16-12-18-17-27(23(31)32-24(2,3)4)20-10-7-6-9-19(18)20/h6-7,9-10,17H,5,8,11-16H2,1-4H3,(H,28,29)/t25-/m0/s1. The zero-order chi connectivity index (χ0) is 23.5. The van der Waals surface area contributed by atoms with Crippen LogP contribution in [0, 0.1) is 5.41 Å². The molecule has 1 aromatic carbocycles. The highest BCUT2D eigenvalue weighted by Crippen LogP contribution is 2.39. The van der Waals surface area contributed by atoms with Crippen LogP contribution in [-0.2, 0) is 20.7 Å². The second kappa shape index (κ2) is 9.35. The third kappa shape index (κ3) is 5.14. The molecule has 2 aromatic rings. The minimum atomic E-state index is -0.863. The van der Waals surface area contributed by atoms with Crippen LogP contribution in [0.15, 0.2) is 30.5 Å². The van der Waals surface area contributed by atoms with Crippen LogP contribution in [-0.4, -0.2) is 51.2 Å². The van der Waals surface area contributed by atoms with Gasteiger partial charge in [-0.15, -0.1) is 0 Å². The number of amides is 1. The van der Waals surface area contributed by atoms with Gasteiger partial charge in [-0.25, -0.2) is 4.79 Å². The molecule has 0 spiro atoms. The lowest BCUT2D eigenvalue weighted by Gasteiger charge is -2.41. The van der Waals surface area contributed by atoms with Crippen molar-refractivity contribution in [1.82, 2.24) is 9.47 Å². The quantitative estimate of drug-likeness (QED) is 0.662. The molecule has 1 N–H and O–H groups in total. The summed E-state index contributed by atoms with van der Waals surface area (Å²) in [6.07, 6.45) is 4.65. The first kappa shape index (κ1) is 23.8. The van der Waals surface area contributed by atoms with Gasteiger partial charge in [0.1, 0.15) is 5.60 Å². The number of rotatable bonds is 7. The Bertz CT molecular complexity index is 1000. The summed E-state index contributed by atoms with van der Waals surface area (Å²) in [4.78, 5) is 39.0. The predicted molar refractivity (Wildman–Crippen MR) is 123 cm³/mol. The molecule has 2 heterocycles. The number of aromatic nitrogens is 1. The number of ether oxygens (including phenoxy) is 1. The highest BCUT2D eigenvalue weighted by molar-refractivity contribution is 5.92. The van der Waals surface area contributed by atoms with Crippen LogP contribution in [0.5, 0.6) is 0 Å². The summed E-state index contributed by atoms with van der Waals surface area (Å²) in [5, 5.41) is 10.1. The van der Waals surface area contributed by atoms with Crippen molar-refractivity contribution in [3.63, 3.8) is 0 Å². The first-order chi connectivity index (χ1) is 15.1. The normalized spacial score (nSPS) is 19.4. The van der Waals surface area contributed by atoms with E-state index in [2.05, 4.69) is 0 Å². The topological polar surface area (TPSA) is 88.8 Å². The summed E-state index contributed by atoms with van der Waals surface area (Å²) in [6, 6.07) is 7.69. The number of hydrogen-bond donors (Lipinski definition) is 1. The van der Waals surface area contributed by atoms with Crippen molar-refractivity contribution in [3.05, 3.63) is 36.0 Å². The van der Waals surface area contributed by atoms with Gasteiger partial charge in [0.15, 0.2) is 0 Å². The Labute approximate surface area is 189 Å². The van der Waals surface area contributed by atoms with E-state index in [1.165, 1.54) is 4.57 Å². The first-order valence-corrected chi connectivity index (χ1v) is 11.4. The average Bonchev–Trinajstić information content (AvgIpc) is 3.10. The fourth-order valence-corrected chi connectivity index (χ4v) is 4.62. The van der Waals surface area contributed by atoms with Crippen LogP contribution in [0.4, 0.5) is 4.79 Å². The van der Waals surface area contributed by atoms with Gasteiger partial charge in [-0.05, 0) is 64.5 Å². The molecule has 0 aliphatic carbocycles. The average molecular weight is 443 g/mol. The van der Waals surface area contributed by atoms with Gasteiger partial charge >= 0.3 is 12.1 Å². The number of aliphatic carboxylic acids is 1. The maximum absolute atomic E-state index is 13.3. The molecule has 1 aliphatic heterocycles. The lowest BCUT2D eigenvalue weighted by molar-refractivity contribution is -0.148. The number of benzene rings is 1. The molecule has 1 atom stereocenters. The lowest BCUT2D eigenvalue weighted by Crippen LogP contribution is -2.49. The Morgan fingerprint density at radius 2 is 1.94 bits per heavy atom. The number of carbonyl (C=O) groups excluding carboxylic acids is 2. The molecule has 174 valence electrons. The fraction of sp³-hybridized carbons (Fsp3) is 0.560. The summed E-state index contributed by atoms with van der Waals surface area (Å²) >= 11 is 0. The molecule has 7 heteroatoms. The van der Waals surface area contributed by atoms with Crippen molar-refractivity contribution < 1.29 is 24.2 Å². The molecule has 1 amide bonds. The highest BCUT2D eigenvalue weighted by atomic mass is 16.6.